The van der Waals surface area contributed by atoms with Crippen molar-refractivity contribution in [3.8, 4) is 10.4 Å². The molecule has 0 radical (unpaired) electrons. The lowest BCUT2D eigenvalue weighted by molar-refractivity contribution is -0.119. The maximum atomic E-state index is 13.2. The number of nitrogens with zero attached hydrogens (tertiary/aromatic N) is 5. The van der Waals surface area contributed by atoms with Gasteiger partial charge in [-0.25, -0.2) is 0 Å². The highest BCUT2D eigenvalue weighted by Crippen LogP contribution is 2.35. The van der Waals surface area contributed by atoms with E-state index in [0.717, 1.165) is 28.3 Å². The molecule has 5 rings (SSSR count). The summed E-state index contributed by atoms with van der Waals surface area (Å²) in [6.45, 7) is 1.85. The number of thiophene rings is 1. The fraction of sp³-hybridized carbons (Fsp3) is 0.391. The van der Waals surface area contributed by atoms with Gasteiger partial charge in [0.05, 0.1) is 5.39 Å². The lowest BCUT2D eigenvalue weighted by atomic mass is 9.90. The molecule has 8 nitrogen and oxygen atoms in total. The summed E-state index contributed by atoms with van der Waals surface area (Å²) in [6.07, 6.45) is 6.34. The van der Waals surface area contributed by atoms with Gasteiger partial charge in [-0.05, 0) is 30.9 Å². The molecule has 1 unspecified atom stereocenters. The summed E-state index contributed by atoms with van der Waals surface area (Å²) in [4.78, 5) is 27.8. The maximum Gasteiger partial charge on any atom is 0.279 e. The molecule has 0 spiro atoms. The van der Waals surface area contributed by atoms with Crippen molar-refractivity contribution in [2.24, 2.45) is 0 Å². The van der Waals surface area contributed by atoms with Crippen LogP contribution in [0.15, 0.2) is 41.2 Å². The van der Waals surface area contributed by atoms with E-state index < -0.39 is 6.04 Å². The second-order valence-corrected chi connectivity index (χ2v) is 10.3. The van der Waals surface area contributed by atoms with Crippen molar-refractivity contribution < 1.29 is 4.79 Å². The summed E-state index contributed by atoms with van der Waals surface area (Å²) in [5.74, 6) is 0.0928. The lowest BCUT2D eigenvalue weighted by Crippen LogP contribution is -2.35. The molecule has 1 aliphatic rings. The van der Waals surface area contributed by atoms with Gasteiger partial charge in [0.25, 0.3) is 11.5 Å². The first kappa shape index (κ1) is 21.8. The number of nitrogens with one attached hydrogen (secondary N) is 1. The summed E-state index contributed by atoms with van der Waals surface area (Å²) in [5.41, 5.74) is 0.696. The Morgan fingerprint density at radius 3 is 2.67 bits per heavy atom. The van der Waals surface area contributed by atoms with Gasteiger partial charge in [0.2, 0.25) is 5.13 Å². The van der Waals surface area contributed by atoms with E-state index in [1.165, 1.54) is 46.6 Å². The quantitative estimate of drug-likeness (QED) is 0.416. The lowest BCUT2D eigenvalue weighted by Gasteiger charge is -2.18. The van der Waals surface area contributed by atoms with E-state index in [9.17, 15) is 9.59 Å². The van der Waals surface area contributed by atoms with Gasteiger partial charge in [0.15, 0.2) is 4.83 Å². The molecule has 1 saturated carbocycles. The van der Waals surface area contributed by atoms with Crippen molar-refractivity contribution in [1.29, 1.82) is 0 Å². The fourth-order valence-electron chi connectivity index (χ4n) is 4.27. The normalized spacial score (nSPS) is 15.5. The first-order chi connectivity index (χ1) is 16.1. The molecule has 33 heavy (non-hydrogen) atoms. The van der Waals surface area contributed by atoms with Crippen molar-refractivity contribution in [3.63, 3.8) is 0 Å². The maximum absolute atomic E-state index is 13.2. The van der Waals surface area contributed by atoms with E-state index in [0.29, 0.717) is 27.7 Å². The van der Waals surface area contributed by atoms with Gasteiger partial charge in [-0.1, -0.05) is 73.1 Å². The Kier molecular flexibility index (Phi) is 6.28. The number of fused-ring (bicyclic) bond motifs is 1. The highest BCUT2D eigenvalue weighted by atomic mass is 32.1. The van der Waals surface area contributed by atoms with E-state index >= 15 is 0 Å². The fourth-order valence-corrected chi connectivity index (χ4v) is 6.16. The zero-order chi connectivity index (χ0) is 22.8. The van der Waals surface area contributed by atoms with Crippen LogP contribution in [0, 0.1) is 0 Å². The second kappa shape index (κ2) is 9.48. The van der Waals surface area contributed by atoms with Gasteiger partial charge in [-0.15, -0.1) is 26.6 Å². The summed E-state index contributed by atoms with van der Waals surface area (Å²) in [5, 5.41) is 21.5. The van der Waals surface area contributed by atoms with Crippen molar-refractivity contribution >= 4 is 43.9 Å². The Hall–Kier alpha value is -2.98. The number of hydrogen-bond donors (Lipinski definition) is 1. The number of benzene rings is 1. The molecule has 3 heterocycles. The van der Waals surface area contributed by atoms with Crippen LogP contribution in [0.1, 0.15) is 62.4 Å². The molecule has 0 bridgehead atoms. The number of rotatable bonds is 6. The molecule has 0 aliphatic heterocycles. The van der Waals surface area contributed by atoms with Crippen molar-refractivity contribution in [2.75, 3.05) is 5.32 Å². The molecule has 3 aromatic heterocycles. The topological polar surface area (TPSA) is 103 Å². The van der Waals surface area contributed by atoms with Gasteiger partial charge in [-0.3, -0.25) is 14.9 Å². The number of aromatic nitrogens is 5. The first-order valence-corrected chi connectivity index (χ1v) is 12.9. The molecule has 1 aromatic carbocycles. The molecule has 10 heteroatoms. The minimum Gasteiger partial charge on any atom is -0.299 e. The second-order valence-electron chi connectivity index (χ2n) is 8.23. The van der Waals surface area contributed by atoms with E-state index in [1.807, 2.05) is 43.3 Å². The molecular weight excluding hydrogens is 456 g/mol. The Bertz CT molecular complexity index is 1320. The SMILES string of the molecule is CCC(C(=O)Nc1nnc(C2CCCCC2)s1)n1nnc2sc(-c3ccccc3)cc2c1=O. The predicted octanol–water partition coefficient (Wildman–Crippen LogP) is 5.01. The largest absolute Gasteiger partial charge is 0.299 e. The number of anilines is 1. The van der Waals surface area contributed by atoms with Crippen LogP contribution in [-0.2, 0) is 4.79 Å². The van der Waals surface area contributed by atoms with Gasteiger partial charge in [0, 0.05) is 10.8 Å². The predicted molar refractivity (Wildman–Crippen MR) is 131 cm³/mol. The summed E-state index contributed by atoms with van der Waals surface area (Å²) >= 11 is 2.84. The molecule has 170 valence electrons. The summed E-state index contributed by atoms with van der Waals surface area (Å²) in [7, 11) is 0. The van der Waals surface area contributed by atoms with Crippen molar-refractivity contribution in [3.05, 3.63) is 51.8 Å². The van der Waals surface area contributed by atoms with Gasteiger partial charge >= 0.3 is 0 Å². The number of carbonyl (C=O) groups excluding carboxylic acids is 1. The van der Waals surface area contributed by atoms with Crippen LogP contribution in [0.5, 0.6) is 0 Å². The zero-order valence-electron chi connectivity index (χ0n) is 18.2. The first-order valence-electron chi connectivity index (χ1n) is 11.2. The molecule has 1 N–H and O–H groups in total. The van der Waals surface area contributed by atoms with Crippen LogP contribution >= 0.6 is 22.7 Å². The Morgan fingerprint density at radius 2 is 1.91 bits per heavy atom. The zero-order valence-corrected chi connectivity index (χ0v) is 19.9. The van der Waals surface area contributed by atoms with Gasteiger partial charge in [-0.2, -0.15) is 4.68 Å². The molecule has 1 amide bonds. The van der Waals surface area contributed by atoms with Crippen LogP contribution in [0.3, 0.4) is 0 Å². The molecular formula is C23H24N6O2S2. The third-order valence-electron chi connectivity index (χ3n) is 6.05. The molecule has 1 fully saturated rings. The minimum absolute atomic E-state index is 0.319. The van der Waals surface area contributed by atoms with Crippen LogP contribution < -0.4 is 10.9 Å². The van der Waals surface area contributed by atoms with Crippen LogP contribution in [0.4, 0.5) is 5.13 Å². The Morgan fingerprint density at radius 1 is 1.12 bits per heavy atom. The number of amides is 1. The Labute approximate surface area is 198 Å². The average Bonchev–Trinajstić information content (AvgIpc) is 3.50. The third kappa shape index (κ3) is 4.45. The van der Waals surface area contributed by atoms with E-state index in [1.54, 1.807) is 0 Å². The minimum atomic E-state index is -0.781. The van der Waals surface area contributed by atoms with Crippen molar-refractivity contribution in [1.82, 2.24) is 25.2 Å². The van der Waals surface area contributed by atoms with E-state index in [2.05, 4.69) is 25.8 Å². The highest BCUT2D eigenvalue weighted by molar-refractivity contribution is 7.21. The van der Waals surface area contributed by atoms with E-state index in [-0.39, 0.29) is 11.5 Å². The van der Waals surface area contributed by atoms with Gasteiger partial charge in [0.1, 0.15) is 11.0 Å². The van der Waals surface area contributed by atoms with E-state index in [4.69, 9.17) is 0 Å². The molecule has 0 saturated heterocycles. The van der Waals surface area contributed by atoms with Gasteiger partial charge < -0.3 is 0 Å². The molecule has 4 aromatic rings. The third-order valence-corrected chi connectivity index (χ3v) is 8.12. The summed E-state index contributed by atoms with van der Waals surface area (Å²) < 4.78 is 1.18. The average molecular weight is 481 g/mol. The highest BCUT2D eigenvalue weighted by Gasteiger charge is 2.25. The summed E-state index contributed by atoms with van der Waals surface area (Å²) in [6, 6.07) is 10.9. The smallest absolute Gasteiger partial charge is 0.279 e. The number of hydrogen-bond acceptors (Lipinski definition) is 8. The van der Waals surface area contributed by atoms with Crippen molar-refractivity contribution in [2.45, 2.75) is 57.4 Å². The van der Waals surface area contributed by atoms with Crippen LogP contribution in [0.25, 0.3) is 20.7 Å². The van der Waals surface area contributed by atoms with Crippen LogP contribution in [-0.4, -0.2) is 31.1 Å². The Balaban J connectivity index is 1.38. The standard InChI is InChI=1S/C23H24N6O2S2/c1-2-17(19(30)24-23-27-25-20(33-23)15-11-7-4-8-12-15)29-22(31)16-13-18(32-21(16)26-28-29)14-9-5-3-6-10-14/h3,5-6,9-10,13,15,17H,2,4,7-8,11-12H2,1H3,(H,24,27,30). The molecule has 1 aliphatic carbocycles. The number of carbonyl (C=O) groups is 1. The molecule has 1 atom stereocenters. The van der Waals surface area contributed by atoms with Crippen LogP contribution in [0.2, 0.25) is 0 Å². The monoisotopic (exact) mass is 480 g/mol.